The van der Waals surface area contributed by atoms with Crippen LogP contribution in [0.25, 0.3) is 0 Å². The summed E-state index contributed by atoms with van der Waals surface area (Å²) in [6, 6.07) is 10.6. The molecule has 0 radical (unpaired) electrons. The molecule has 0 bridgehead atoms. The van der Waals surface area contributed by atoms with Gasteiger partial charge in [-0.05, 0) is 5.56 Å². The van der Waals surface area contributed by atoms with Crippen LogP contribution in [0.4, 0.5) is 0 Å². The van der Waals surface area contributed by atoms with Crippen molar-refractivity contribution in [3.05, 3.63) is 35.9 Å². The van der Waals surface area contributed by atoms with Crippen LogP contribution in [0.5, 0.6) is 0 Å². The molecule has 18 heavy (non-hydrogen) atoms. The van der Waals surface area contributed by atoms with Gasteiger partial charge in [-0.25, -0.2) is 0 Å². The van der Waals surface area contributed by atoms with Gasteiger partial charge in [0.15, 0.2) is 5.17 Å². The molecule has 2 aliphatic heterocycles. The lowest BCUT2D eigenvalue weighted by Crippen LogP contribution is -2.33. The highest BCUT2D eigenvalue weighted by Crippen LogP contribution is 2.34. The molecule has 2 N–H and O–H groups in total. The third-order valence-electron chi connectivity index (χ3n) is 3.13. The van der Waals surface area contributed by atoms with Crippen LogP contribution >= 0.6 is 11.8 Å². The first-order valence-corrected chi connectivity index (χ1v) is 6.98. The van der Waals surface area contributed by atoms with E-state index in [9.17, 15) is 4.79 Å². The number of amidine groups is 1. The fourth-order valence-electron chi connectivity index (χ4n) is 2.18. The maximum absolute atomic E-state index is 11.1. The zero-order valence-corrected chi connectivity index (χ0v) is 10.7. The Morgan fingerprint density at radius 2 is 2.17 bits per heavy atom. The van der Waals surface area contributed by atoms with Gasteiger partial charge in [0, 0.05) is 13.0 Å². The number of hydrogen-bond donors (Lipinski definition) is 2. The van der Waals surface area contributed by atoms with E-state index in [1.165, 1.54) is 5.56 Å². The second kappa shape index (κ2) is 5.02. The monoisotopic (exact) mass is 261 g/mol. The van der Waals surface area contributed by atoms with E-state index in [0.717, 1.165) is 11.7 Å². The van der Waals surface area contributed by atoms with Crippen LogP contribution in [-0.2, 0) is 4.79 Å². The summed E-state index contributed by atoms with van der Waals surface area (Å²) in [5.41, 5.74) is 1.31. The van der Waals surface area contributed by atoms with Crippen LogP contribution in [0.3, 0.4) is 0 Å². The number of rotatable bonds is 2. The first-order valence-electron chi connectivity index (χ1n) is 6.10. The molecule has 1 aromatic carbocycles. The van der Waals surface area contributed by atoms with E-state index < -0.39 is 0 Å². The topological polar surface area (TPSA) is 53.5 Å². The van der Waals surface area contributed by atoms with Crippen molar-refractivity contribution in [3.8, 4) is 0 Å². The Kier molecular flexibility index (Phi) is 3.23. The molecule has 4 nitrogen and oxygen atoms in total. The van der Waals surface area contributed by atoms with E-state index in [0.29, 0.717) is 18.2 Å². The first kappa shape index (κ1) is 11.6. The minimum Gasteiger partial charge on any atom is -0.360 e. The highest BCUT2D eigenvalue weighted by atomic mass is 32.2. The molecule has 1 aromatic rings. The Morgan fingerprint density at radius 1 is 1.33 bits per heavy atom. The molecule has 2 aliphatic rings. The summed E-state index contributed by atoms with van der Waals surface area (Å²) in [6.07, 6.45) is 0.551. The quantitative estimate of drug-likeness (QED) is 0.844. The summed E-state index contributed by atoms with van der Waals surface area (Å²) in [7, 11) is 0. The number of amides is 1. The smallest absolute Gasteiger partial charge is 0.222 e. The number of carbonyl (C=O) groups is 1. The molecule has 5 heteroatoms. The van der Waals surface area contributed by atoms with Crippen molar-refractivity contribution in [2.75, 3.05) is 13.1 Å². The van der Waals surface area contributed by atoms with E-state index in [2.05, 4.69) is 39.9 Å². The predicted octanol–water partition coefficient (Wildman–Crippen LogP) is 1.31. The number of benzene rings is 1. The van der Waals surface area contributed by atoms with Crippen LogP contribution < -0.4 is 10.6 Å². The van der Waals surface area contributed by atoms with Gasteiger partial charge < -0.3 is 10.6 Å². The number of aliphatic imine (C=N–C) groups is 1. The van der Waals surface area contributed by atoms with Gasteiger partial charge in [-0.1, -0.05) is 42.1 Å². The SMILES string of the molecule is O=C1CC(NC2=NCC(c3ccccc3)S2)CN1. The normalized spacial score (nSPS) is 26.9. The molecular formula is C13H15N3OS. The van der Waals surface area contributed by atoms with Crippen LogP contribution in [0.15, 0.2) is 35.3 Å². The minimum absolute atomic E-state index is 0.121. The second-order valence-electron chi connectivity index (χ2n) is 4.51. The number of nitrogens with zero attached hydrogens (tertiary/aromatic N) is 1. The maximum atomic E-state index is 11.1. The molecule has 0 aromatic heterocycles. The summed E-state index contributed by atoms with van der Waals surface area (Å²) in [5, 5.41) is 7.52. The molecule has 3 rings (SSSR count). The van der Waals surface area contributed by atoms with Crippen molar-refractivity contribution in [2.45, 2.75) is 17.7 Å². The summed E-state index contributed by atoms with van der Waals surface area (Å²) >= 11 is 1.75. The van der Waals surface area contributed by atoms with Crippen LogP contribution in [0, 0.1) is 0 Å². The molecule has 2 heterocycles. The summed E-state index contributed by atoms with van der Waals surface area (Å²) < 4.78 is 0. The van der Waals surface area contributed by atoms with Crippen LogP contribution in [0.2, 0.25) is 0 Å². The number of carbonyl (C=O) groups excluding carboxylic acids is 1. The molecule has 1 saturated heterocycles. The van der Waals surface area contributed by atoms with E-state index >= 15 is 0 Å². The first-order chi connectivity index (χ1) is 8.81. The average Bonchev–Trinajstić information content (AvgIpc) is 3.01. The Balaban J connectivity index is 1.57. The highest BCUT2D eigenvalue weighted by molar-refractivity contribution is 8.14. The molecule has 0 saturated carbocycles. The minimum atomic E-state index is 0.121. The molecule has 0 spiro atoms. The Hall–Kier alpha value is -1.49. The zero-order chi connectivity index (χ0) is 12.4. The maximum Gasteiger partial charge on any atom is 0.222 e. The number of hydrogen-bond acceptors (Lipinski definition) is 4. The Labute approximate surface area is 110 Å². The molecule has 94 valence electrons. The molecule has 0 aliphatic carbocycles. The third-order valence-corrected chi connectivity index (χ3v) is 4.31. The third kappa shape index (κ3) is 2.51. The van der Waals surface area contributed by atoms with Crippen LogP contribution in [-0.4, -0.2) is 30.2 Å². The van der Waals surface area contributed by atoms with Crippen molar-refractivity contribution < 1.29 is 4.79 Å². The van der Waals surface area contributed by atoms with Crippen molar-refractivity contribution in [3.63, 3.8) is 0 Å². The molecule has 2 atom stereocenters. The number of thioether (sulfide) groups is 1. The van der Waals surface area contributed by atoms with Crippen LogP contribution in [0.1, 0.15) is 17.2 Å². The lowest BCUT2D eigenvalue weighted by molar-refractivity contribution is -0.119. The van der Waals surface area contributed by atoms with E-state index in [4.69, 9.17) is 0 Å². The van der Waals surface area contributed by atoms with Crippen molar-refractivity contribution >= 4 is 22.8 Å². The zero-order valence-electron chi connectivity index (χ0n) is 9.93. The van der Waals surface area contributed by atoms with Gasteiger partial charge in [-0.15, -0.1) is 0 Å². The van der Waals surface area contributed by atoms with Gasteiger partial charge in [-0.2, -0.15) is 0 Å². The lowest BCUT2D eigenvalue weighted by atomic mass is 10.1. The Morgan fingerprint density at radius 3 is 2.89 bits per heavy atom. The predicted molar refractivity (Wildman–Crippen MR) is 73.6 cm³/mol. The van der Waals surface area contributed by atoms with Gasteiger partial charge in [0.25, 0.3) is 0 Å². The van der Waals surface area contributed by atoms with Gasteiger partial charge in [0.1, 0.15) is 0 Å². The second-order valence-corrected chi connectivity index (χ2v) is 5.70. The fraction of sp³-hybridized carbons (Fsp3) is 0.385. The van der Waals surface area contributed by atoms with Gasteiger partial charge in [0.2, 0.25) is 5.91 Å². The van der Waals surface area contributed by atoms with E-state index in [1.807, 2.05) is 6.07 Å². The molecule has 1 amide bonds. The highest BCUT2D eigenvalue weighted by Gasteiger charge is 2.26. The van der Waals surface area contributed by atoms with Crippen molar-refractivity contribution in [2.24, 2.45) is 4.99 Å². The molecule has 2 unspecified atom stereocenters. The van der Waals surface area contributed by atoms with Gasteiger partial charge >= 0.3 is 0 Å². The van der Waals surface area contributed by atoms with Gasteiger partial charge in [0.05, 0.1) is 17.8 Å². The van der Waals surface area contributed by atoms with Crippen molar-refractivity contribution in [1.29, 1.82) is 0 Å². The lowest BCUT2D eigenvalue weighted by Gasteiger charge is -2.12. The van der Waals surface area contributed by atoms with E-state index in [-0.39, 0.29) is 11.9 Å². The standard InChI is InChI=1S/C13H15N3OS/c17-12-6-10(7-14-12)16-13-15-8-11(18-13)9-4-2-1-3-5-9/h1-5,10-11H,6-8H2,(H,14,17)(H,15,16). The van der Waals surface area contributed by atoms with E-state index in [1.54, 1.807) is 11.8 Å². The average molecular weight is 261 g/mol. The summed E-state index contributed by atoms with van der Waals surface area (Å²) in [6.45, 7) is 1.51. The largest absolute Gasteiger partial charge is 0.360 e. The van der Waals surface area contributed by atoms with Crippen molar-refractivity contribution in [1.82, 2.24) is 10.6 Å². The molecule has 1 fully saturated rings. The fourth-order valence-corrected chi connectivity index (χ4v) is 3.27. The number of nitrogens with one attached hydrogen (secondary N) is 2. The Bertz CT molecular complexity index is 474. The summed E-state index contributed by atoms with van der Waals surface area (Å²) in [4.78, 5) is 15.6. The molecular weight excluding hydrogens is 246 g/mol. The van der Waals surface area contributed by atoms with Gasteiger partial charge in [-0.3, -0.25) is 9.79 Å². The summed E-state index contributed by atoms with van der Waals surface area (Å²) in [5.74, 6) is 0.121.